The quantitative estimate of drug-likeness (QED) is 0.575. The average Bonchev–Trinajstić information content (AvgIpc) is 2.53. The van der Waals surface area contributed by atoms with Crippen LogP contribution < -0.4 is 4.72 Å². The lowest BCUT2D eigenvalue weighted by Gasteiger charge is -2.07. The molecule has 20 heavy (non-hydrogen) atoms. The van der Waals surface area contributed by atoms with Crippen LogP contribution in [0.25, 0.3) is 10.9 Å². The Morgan fingerprint density at radius 3 is 2.60 bits per heavy atom. The number of aldehydes is 1. The summed E-state index contributed by atoms with van der Waals surface area (Å²) in [6, 6.07) is 17.4. The van der Waals surface area contributed by atoms with Gasteiger partial charge in [0.25, 0.3) is 0 Å². The minimum atomic E-state index is 0.673. The maximum atomic E-state index is 10.6. The summed E-state index contributed by atoms with van der Waals surface area (Å²) in [5.74, 6) is 0. The van der Waals surface area contributed by atoms with Gasteiger partial charge < -0.3 is 4.72 Å². The monoisotopic (exact) mass is 280 g/mol. The van der Waals surface area contributed by atoms with Gasteiger partial charge in [-0.1, -0.05) is 18.2 Å². The molecule has 0 unspecified atom stereocenters. The molecule has 0 aliphatic rings. The molecular weight excluding hydrogens is 268 g/mol. The van der Waals surface area contributed by atoms with Crippen LogP contribution in [-0.2, 0) is 0 Å². The van der Waals surface area contributed by atoms with Crippen molar-refractivity contribution in [2.24, 2.45) is 0 Å². The number of fused-ring (bicyclic) bond motifs is 1. The Hall–Kier alpha value is -2.33. The summed E-state index contributed by atoms with van der Waals surface area (Å²) in [4.78, 5) is 16.1. The summed E-state index contributed by atoms with van der Waals surface area (Å²) in [5.41, 5.74) is 2.61. The zero-order valence-corrected chi connectivity index (χ0v) is 11.4. The van der Waals surface area contributed by atoms with Gasteiger partial charge >= 0.3 is 0 Å². The number of carbonyl (C=O) groups excluding carboxylic acids is 1. The van der Waals surface area contributed by atoms with Crippen molar-refractivity contribution in [2.45, 2.75) is 4.90 Å². The third-order valence-electron chi connectivity index (χ3n) is 2.92. The molecule has 0 radical (unpaired) electrons. The molecular formula is C16H12N2OS. The molecule has 0 atom stereocenters. The van der Waals surface area contributed by atoms with E-state index in [0.717, 1.165) is 27.8 Å². The van der Waals surface area contributed by atoms with Gasteiger partial charge in [-0.2, -0.15) is 0 Å². The standard InChI is InChI=1S/C16H12N2OS/c19-11-12-6-8-14(9-7-12)18-20-15-5-1-3-13-4-2-10-17-16(13)15/h1-11,18H. The number of para-hydroxylation sites is 1. The molecule has 1 N–H and O–H groups in total. The van der Waals surface area contributed by atoms with Crippen LogP contribution in [0.5, 0.6) is 0 Å². The second-order valence-corrected chi connectivity index (χ2v) is 5.12. The maximum absolute atomic E-state index is 10.6. The molecule has 3 rings (SSSR count). The summed E-state index contributed by atoms with van der Waals surface area (Å²) < 4.78 is 3.27. The van der Waals surface area contributed by atoms with Crippen LogP contribution in [0.1, 0.15) is 10.4 Å². The molecule has 3 aromatic rings. The van der Waals surface area contributed by atoms with E-state index >= 15 is 0 Å². The lowest BCUT2D eigenvalue weighted by Crippen LogP contribution is -1.89. The van der Waals surface area contributed by atoms with Crippen molar-refractivity contribution in [3.8, 4) is 0 Å². The first kappa shape index (κ1) is 12.7. The van der Waals surface area contributed by atoms with Crippen LogP contribution in [0.2, 0.25) is 0 Å². The first-order valence-electron chi connectivity index (χ1n) is 6.19. The Morgan fingerprint density at radius 1 is 1.00 bits per heavy atom. The fourth-order valence-corrected chi connectivity index (χ4v) is 2.68. The van der Waals surface area contributed by atoms with Gasteiger partial charge in [-0.3, -0.25) is 9.78 Å². The zero-order valence-electron chi connectivity index (χ0n) is 10.6. The van der Waals surface area contributed by atoms with E-state index in [9.17, 15) is 4.79 Å². The zero-order chi connectivity index (χ0) is 13.8. The van der Waals surface area contributed by atoms with E-state index in [4.69, 9.17) is 0 Å². The number of hydrogen-bond acceptors (Lipinski definition) is 4. The van der Waals surface area contributed by atoms with Crippen molar-refractivity contribution in [3.05, 3.63) is 66.4 Å². The van der Waals surface area contributed by atoms with Crippen LogP contribution in [-0.4, -0.2) is 11.3 Å². The number of anilines is 1. The van der Waals surface area contributed by atoms with Gasteiger partial charge in [0.15, 0.2) is 0 Å². The van der Waals surface area contributed by atoms with E-state index in [1.807, 2.05) is 42.5 Å². The summed E-state index contributed by atoms with van der Waals surface area (Å²) in [6.07, 6.45) is 2.64. The molecule has 2 aromatic carbocycles. The highest BCUT2D eigenvalue weighted by Gasteiger charge is 2.02. The first-order chi connectivity index (χ1) is 9.86. The lowest BCUT2D eigenvalue weighted by molar-refractivity contribution is 0.112. The van der Waals surface area contributed by atoms with Gasteiger partial charge in [-0.25, -0.2) is 0 Å². The molecule has 98 valence electrons. The highest BCUT2D eigenvalue weighted by molar-refractivity contribution is 8.00. The van der Waals surface area contributed by atoms with Crippen molar-refractivity contribution in [2.75, 3.05) is 4.72 Å². The first-order valence-corrected chi connectivity index (χ1v) is 7.00. The van der Waals surface area contributed by atoms with Gasteiger partial charge in [-0.15, -0.1) is 0 Å². The van der Waals surface area contributed by atoms with Crippen LogP contribution >= 0.6 is 11.9 Å². The molecule has 0 bridgehead atoms. The number of nitrogens with one attached hydrogen (secondary N) is 1. The average molecular weight is 280 g/mol. The molecule has 1 aromatic heterocycles. The van der Waals surface area contributed by atoms with E-state index in [2.05, 4.69) is 9.71 Å². The molecule has 3 nitrogen and oxygen atoms in total. The van der Waals surface area contributed by atoms with E-state index < -0.39 is 0 Å². The Kier molecular flexibility index (Phi) is 3.65. The summed E-state index contributed by atoms with van der Waals surface area (Å²) in [7, 11) is 0. The maximum Gasteiger partial charge on any atom is 0.150 e. The fraction of sp³-hybridized carbons (Fsp3) is 0. The van der Waals surface area contributed by atoms with E-state index in [1.165, 1.54) is 11.9 Å². The van der Waals surface area contributed by atoms with Crippen molar-refractivity contribution in [1.82, 2.24) is 4.98 Å². The Labute approximate surface area is 121 Å². The largest absolute Gasteiger partial charge is 0.326 e. The third-order valence-corrected chi connectivity index (χ3v) is 3.81. The molecule has 1 heterocycles. The Morgan fingerprint density at radius 2 is 1.80 bits per heavy atom. The minimum absolute atomic E-state index is 0.673. The second-order valence-electron chi connectivity index (χ2n) is 4.28. The van der Waals surface area contributed by atoms with Crippen LogP contribution in [0, 0.1) is 0 Å². The van der Waals surface area contributed by atoms with Crippen molar-refractivity contribution < 1.29 is 4.79 Å². The van der Waals surface area contributed by atoms with E-state index in [0.29, 0.717) is 5.56 Å². The molecule has 0 saturated carbocycles. The molecule has 0 saturated heterocycles. The molecule has 0 aliphatic heterocycles. The Balaban J connectivity index is 1.81. The minimum Gasteiger partial charge on any atom is -0.326 e. The SMILES string of the molecule is O=Cc1ccc(NSc2cccc3cccnc23)cc1. The fourth-order valence-electron chi connectivity index (χ4n) is 1.90. The smallest absolute Gasteiger partial charge is 0.150 e. The van der Waals surface area contributed by atoms with Gasteiger partial charge in [0, 0.05) is 22.8 Å². The van der Waals surface area contributed by atoms with Crippen LogP contribution in [0.3, 0.4) is 0 Å². The van der Waals surface area contributed by atoms with Gasteiger partial charge in [-0.05, 0) is 48.3 Å². The number of pyridine rings is 1. The predicted octanol–water partition coefficient (Wildman–Crippen LogP) is 4.17. The number of rotatable bonds is 4. The molecule has 0 fully saturated rings. The summed E-state index contributed by atoms with van der Waals surface area (Å²) in [6.45, 7) is 0. The molecule has 4 heteroatoms. The van der Waals surface area contributed by atoms with Gasteiger partial charge in [0.2, 0.25) is 0 Å². The number of carbonyl (C=O) groups is 1. The molecule has 0 amide bonds. The number of aromatic nitrogens is 1. The van der Waals surface area contributed by atoms with Gasteiger partial charge in [0.05, 0.1) is 10.4 Å². The summed E-state index contributed by atoms with van der Waals surface area (Å²) >= 11 is 1.52. The highest BCUT2D eigenvalue weighted by Crippen LogP contribution is 2.27. The number of benzene rings is 2. The van der Waals surface area contributed by atoms with Gasteiger partial charge in [0.1, 0.15) is 6.29 Å². The topological polar surface area (TPSA) is 42.0 Å². The number of nitrogens with zero attached hydrogens (tertiary/aromatic N) is 1. The van der Waals surface area contributed by atoms with E-state index in [1.54, 1.807) is 18.3 Å². The molecule has 0 spiro atoms. The third kappa shape index (κ3) is 2.65. The van der Waals surface area contributed by atoms with E-state index in [-0.39, 0.29) is 0 Å². The van der Waals surface area contributed by atoms with Crippen LogP contribution in [0.15, 0.2) is 65.7 Å². The lowest BCUT2D eigenvalue weighted by atomic mass is 10.2. The second kappa shape index (κ2) is 5.75. The number of hydrogen-bond donors (Lipinski definition) is 1. The highest BCUT2D eigenvalue weighted by atomic mass is 32.2. The predicted molar refractivity (Wildman–Crippen MR) is 83.1 cm³/mol. The van der Waals surface area contributed by atoms with Crippen molar-refractivity contribution in [1.29, 1.82) is 0 Å². The van der Waals surface area contributed by atoms with Crippen molar-refractivity contribution in [3.63, 3.8) is 0 Å². The molecule has 0 aliphatic carbocycles. The summed E-state index contributed by atoms with van der Waals surface area (Å²) in [5, 5.41) is 1.12. The normalized spacial score (nSPS) is 10.4. The van der Waals surface area contributed by atoms with Crippen molar-refractivity contribution >= 4 is 34.8 Å². The Bertz CT molecular complexity index is 736. The van der Waals surface area contributed by atoms with Crippen LogP contribution in [0.4, 0.5) is 5.69 Å².